The molecular formula is C49H36N2. The van der Waals surface area contributed by atoms with Crippen LogP contribution in [0.3, 0.4) is 0 Å². The van der Waals surface area contributed by atoms with Crippen molar-refractivity contribution in [3.63, 3.8) is 0 Å². The van der Waals surface area contributed by atoms with Gasteiger partial charge in [-0.3, -0.25) is 0 Å². The van der Waals surface area contributed by atoms with E-state index in [2.05, 4.69) is 172 Å². The van der Waals surface area contributed by atoms with Crippen LogP contribution in [0, 0.1) is 0 Å². The van der Waals surface area contributed by atoms with E-state index < -0.39 is 0 Å². The van der Waals surface area contributed by atoms with Crippen LogP contribution in [-0.2, 0) is 5.41 Å². The molecule has 0 fully saturated rings. The first-order valence-electron chi connectivity index (χ1n) is 17.6. The van der Waals surface area contributed by atoms with Crippen LogP contribution in [0.1, 0.15) is 25.0 Å². The Morgan fingerprint density at radius 3 is 1.53 bits per heavy atom. The summed E-state index contributed by atoms with van der Waals surface area (Å²) in [4.78, 5) is 10.2. The minimum Gasteiger partial charge on any atom is -0.228 e. The van der Waals surface area contributed by atoms with Crippen molar-refractivity contribution in [2.75, 3.05) is 0 Å². The molecule has 0 saturated heterocycles. The van der Waals surface area contributed by atoms with Gasteiger partial charge in [0.15, 0.2) is 5.82 Å². The fraction of sp³-hybridized carbons (Fsp3) is 0.0612. The van der Waals surface area contributed by atoms with Crippen molar-refractivity contribution in [2.24, 2.45) is 0 Å². The lowest BCUT2D eigenvalue weighted by Gasteiger charge is -2.21. The third kappa shape index (κ3) is 5.56. The number of aromatic nitrogens is 2. The van der Waals surface area contributed by atoms with Gasteiger partial charge < -0.3 is 0 Å². The van der Waals surface area contributed by atoms with Gasteiger partial charge in [-0.15, -0.1) is 0 Å². The summed E-state index contributed by atoms with van der Waals surface area (Å²) in [5.41, 5.74) is 17.5. The fourth-order valence-corrected chi connectivity index (χ4v) is 7.64. The first-order chi connectivity index (χ1) is 25.0. The Bertz CT molecular complexity index is 2530. The average molecular weight is 653 g/mol. The topological polar surface area (TPSA) is 25.8 Å². The standard InChI is InChI=1S/C49H36N2/c1-49(2)43-24-10-9-22-42(43)47-41(23-13-25-44(47)49)39-20-11-18-37(30-39)38-19-12-21-40(31-38)46-32-45(50-48(51-46)36-16-7-4-8-17-36)35-28-26-34(27-29-35)33-14-5-3-6-15-33/h3-32H,1-2H3. The van der Waals surface area contributed by atoms with Crippen molar-refractivity contribution >= 4 is 0 Å². The predicted octanol–water partition coefficient (Wildman–Crippen LogP) is 12.8. The molecule has 1 aliphatic carbocycles. The molecule has 0 spiro atoms. The van der Waals surface area contributed by atoms with Crippen LogP contribution in [0.25, 0.3) is 78.4 Å². The van der Waals surface area contributed by atoms with Crippen LogP contribution in [0.2, 0.25) is 0 Å². The van der Waals surface area contributed by atoms with Gasteiger partial charge in [-0.2, -0.15) is 0 Å². The molecule has 7 aromatic carbocycles. The van der Waals surface area contributed by atoms with E-state index in [1.54, 1.807) is 0 Å². The van der Waals surface area contributed by atoms with Crippen LogP contribution < -0.4 is 0 Å². The number of hydrogen-bond donors (Lipinski definition) is 0. The number of benzene rings is 7. The van der Waals surface area contributed by atoms with Gasteiger partial charge in [-0.25, -0.2) is 9.97 Å². The van der Waals surface area contributed by atoms with E-state index >= 15 is 0 Å². The third-order valence-corrected chi connectivity index (χ3v) is 10.3. The summed E-state index contributed by atoms with van der Waals surface area (Å²) in [6.45, 7) is 4.68. The SMILES string of the molecule is CC1(C)c2ccccc2-c2c(-c3cccc(-c4cccc(-c5cc(-c6ccc(-c7ccccc7)cc6)nc(-c6ccccc6)n5)c4)c3)cccc21. The molecule has 0 amide bonds. The Balaban J connectivity index is 1.11. The van der Waals surface area contributed by atoms with Crippen LogP contribution in [0.5, 0.6) is 0 Å². The van der Waals surface area contributed by atoms with Crippen molar-refractivity contribution in [3.05, 3.63) is 193 Å². The lowest BCUT2D eigenvalue weighted by atomic mass is 9.82. The van der Waals surface area contributed by atoms with E-state index in [9.17, 15) is 0 Å². The normalized spacial score (nSPS) is 12.7. The highest BCUT2D eigenvalue weighted by atomic mass is 14.9. The molecule has 1 heterocycles. The quantitative estimate of drug-likeness (QED) is 0.179. The van der Waals surface area contributed by atoms with Gasteiger partial charge in [-0.05, 0) is 73.8 Å². The van der Waals surface area contributed by atoms with E-state index in [-0.39, 0.29) is 5.41 Å². The summed E-state index contributed by atoms with van der Waals surface area (Å²) in [5, 5.41) is 0. The molecule has 0 aliphatic heterocycles. The molecule has 8 aromatic rings. The Morgan fingerprint density at radius 2 is 0.804 bits per heavy atom. The molecule has 51 heavy (non-hydrogen) atoms. The van der Waals surface area contributed by atoms with E-state index in [0.717, 1.165) is 33.6 Å². The second-order valence-corrected chi connectivity index (χ2v) is 13.8. The maximum absolute atomic E-state index is 5.13. The molecular weight excluding hydrogens is 617 g/mol. The van der Waals surface area contributed by atoms with E-state index in [4.69, 9.17) is 9.97 Å². The molecule has 0 atom stereocenters. The molecule has 1 aromatic heterocycles. The largest absolute Gasteiger partial charge is 0.228 e. The smallest absolute Gasteiger partial charge is 0.160 e. The second kappa shape index (κ2) is 12.5. The van der Waals surface area contributed by atoms with Gasteiger partial charge in [0.25, 0.3) is 0 Å². The van der Waals surface area contributed by atoms with E-state index in [1.807, 2.05) is 24.3 Å². The summed E-state index contributed by atoms with van der Waals surface area (Å²) in [6.07, 6.45) is 0. The number of nitrogens with zero attached hydrogens (tertiary/aromatic N) is 2. The Labute approximate surface area is 299 Å². The van der Waals surface area contributed by atoms with Crippen LogP contribution in [0.4, 0.5) is 0 Å². The summed E-state index contributed by atoms with van der Waals surface area (Å²) in [5.74, 6) is 0.712. The van der Waals surface area contributed by atoms with Gasteiger partial charge in [0.05, 0.1) is 11.4 Å². The molecule has 0 saturated carbocycles. The van der Waals surface area contributed by atoms with E-state index in [1.165, 1.54) is 50.1 Å². The monoisotopic (exact) mass is 652 g/mol. The molecule has 1 aliphatic rings. The molecule has 9 rings (SSSR count). The highest BCUT2D eigenvalue weighted by molar-refractivity contribution is 5.93. The summed E-state index contributed by atoms with van der Waals surface area (Å²) in [7, 11) is 0. The molecule has 0 unspecified atom stereocenters. The van der Waals surface area contributed by atoms with Crippen LogP contribution in [0.15, 0.2) is 182 Å². The first kappa shape index (κ1) is 30.7. The third-order valence-electron chi connectivity index (χ3n) is 10.3. The molecule has 0 bridgehead atoms. The maximum atomic E-state index is 5.13. The molecule has 0 radical (unpaired) electrons. The summed E-state index contributed by atoms with van der Waals surface area (Å²) >= 11 is 0. The highest BCUT2D eigenvalue weighted by Gasteiger charge is 2.36. The summed E-state index contributed by atoms with van der Waals surface area (Å²) < 4.78 is 0. The first-order valence-corrected chi connectivity index (χ1v) is 17.6. The Morgan fingerprint density at radius 1 is 0.333 bits per heavy atom. The van der Waals surface area contributed by atoms with Crippen LogP contribution in [-0.4, -0.2) is 9.97 Å². The molecule has 0 N–H and O–H groups in total. The van der Waals surface area contributed by atoms with Crippen molar-refractivity contribution in [1.82, 2.24) is 9.97 Å². The van der Waals surface area contributed by atoms with Crippen molar-refractivity contribution in [2.45, 2.75) is 19.3 Å². The number of rotatable bonds is 6. The van der Waals surface area contributed by atoms with Crippen molar-refractivity contribution in [1.29, 1.82) is 0 Å². The van der Waals surface area contributed by atoms with Gasteiger partial charge >= 0.3 is 0 Å². The minimum atomic E-state index is -0.0349. The zero-order chi connectivity index (χ0) is 34.4. The molecule has 2 heteroatoms. The second-order valence-electron chi connectivity index (χ2n) is 13.8. The van der Waals surface area contributed by atoms with Gasteiger partial charge in [-0.1, -0.05) is 178 Å². The fourth-order valence-electron chi connectivity index (χ4n) is 7.64. The predicted molar refractivity (Wildman–Crippen MR) is 212 cm³/mol. The summed E-state index contributed by atoms with van der Waals surface area (Å²) in [6, 6.07) is 64.8. The number of hydrogen-bond acceptors (Lipinski definition) is 2. The maximum Gasteiger partial charge on any atom is 0.160 e. The zero-order valence-electron chi connectivity index (χ0n) is 28.7. The lowest BCUT2D eigenvalue weighted by molar-refractivity contribution is 0.660. The Hall–Kier alpha value is -6.38. The minimum absolute atomic E-state index is 0.0349. The molecule has 2 nitrogen and oxygen atoms in total. The van der Waals surface area contributed by atoms with E-state index in [0.29, 0.717) is 5.82 Å². The van der Waals surface area contributed by atoms with Gasteiger partial charge in [0, 0.05) is 22.1 Å². The Kier molecular flexibility index (Phi) is 7.51. The van der Waals surface area contributed by atoms with Crippen molar-refractivity contribution in [3.8, 4) is 78.4 Å². The van der Waals surface area contributed by atoms with Crippen LogP contribution >= 0.6 is 0 Å². The van der Waals surface area contributed by atoms with Gasteiger partial charge in [0.1, 0.15) is 0 Å². The zero-order valence-corrected chi connectivity index (χ0v) is 28.7. The van der Waals surface area contributed by atoms with Gasteiger partial charge in [0.2, 0.25) is 0 Å². The average Bonchev–Trinajstić information content (AvgIpc) is 3.44. The van der Waals surface area contributed by atoms with Crippen molar-refractivity contribution < 1.29 is 0 Å². The molecule has 242 valence electrons. The lowest BCUT2D eigenvalue weighted by Crippen LogP contribution is -2.14. The number of fused-ring (bicyclic) bond motifs is 3. The highest BCUT2D eigenvalue weighted by Crippen LogP contribution is 2.52.